The quantitative estimate of drug-likeness (QED) is 0.170. The monoisotopic (exact) mass is 718 g/mol. The van der Waals surface area contributed by atoms with Crippen LogP contribution in [0.4, 0.5) is 17.1 Å². The Balaban J connectivity index is 1.23. The van der Waals surface area contributed by atoms with Gasteiger partial charge in [0, 0.05) is 38.3 Å². The van der Waals surface area contributed by atoms with Crippen LogP contribution in [-0.2, 0) is 5.41 Å². The van der Waals surface area contributed by atoms with Gasteiger partial charge in [0.1, 0.15) is 0 Å². The van der Waals surface area contributed by atoms with Crippen molar-refractivity contribution in [1.29, 1.82) is 0 Å². The molecule has 0 saturated carbocycles. The van der Waals surface area contributed by atoms with E-state index in [2.05, 4.69) is 199 Å². The highest BCUT2D eigenvalue weighted by molar-refractivity contribution is 7.26. The van der Waals surface area contributed by atoms with Gasteiger partial charge in [-0.1, -0.05) is 158 Å². The molecule has 0 atom stereocenters. The van der Waals surface area contributed by atoms with Gasteiger partial charge >= 0.3 is 0 Å². The van der Waals surface area contributed by atoms with Crippen molar-refractivity contribution in [2.45, 2.75) is 5.41 Å². The molecule has 3 heteroatoms. The minimum Gasteiger partial charge on any atom is -0.308 e. The minimum absolute atomic E-state index is 0.508. The molecular formula is C52H34N2S. The predicted molar refractivity (Wildman–Crippen MR) is 232 cm³/mol. The maximum Gasteiger partial charge on any atom is 0.0716 e. The maximum absolute atomic E-state index is 4.71. The van der Waals surface area contributed by atoms with Crippen LogP contribution in [0.15, 0.2) is 206 Å². The van der Waals surface area contributed by atoms with Crippen molar-refractivity contribution in [2.24, 2.45) is 0 Å². The Morgan fingerprint density at radius 3 is 1.89 bits per heavy atom. The molecule has 0 saturated heterocycles. The van der Waals surface area contributed by atoms with E-state index in [1.54, 1.807) is 0 Å². The van der Waals surface area contributed by atoms with Crippen molar-refractivity contribution >= 4 is 59.5 Å². The summed E-state index contributed by atoms with van der Waals surface area (Å²) in [7, 11) is 0. The number of thiophene rings is 1. The van der Waals surface area contributed by atoms with Gasteiger partial charge in [0.05, 0.1) is 27.0 Å². The summed E-state index contributed by atoms with van der Waals surface area (Å²) in [5.41, 5.74) is 13.9. The lowest BCUT2D eigenvalue weighted by atomic mass is 9.67. The van der Waals surface area contributed by atoms with E-state index in [-0.39, 0.29) is 0 Å². The fraction of sp³-hybridized carbons (Fsp3) is 0.0192. The molecular weight excluding hydrogens is 685 g/mol. The van der Waals surface area contributed by atoms with E-state index >= 15 is 0 Å². The standard InChI is InChI=1S/C52H34N2S/c1-4-16-35(17-5-1)40-23-11-13-27-48(40)54(49-28-14-25-43-44-32-36-18-15-31-53-47(36)34-50(44)55-51(43)49)39-29-30-42-41-24-10-12-26-45(41)52(46(42)33-39,37-19-6-2-7-20-37)38-21-8-3-9-22-38/h1-34H. The number of nitrogens with zero attached hydrogens (tertiary/aromatic N) is 2. The molecule has 0 aliphatic heterocycles. The van der Waals surface area contributed by atoms with Crippen molar-refractivity contribution < 1.29 is 0 Å². The third-order valence-electron chi connectivity index (χ3n) is 11.4. The van der Waals surface area contributed by atoms with Crippen LogP contribution >= 0.6 is 11.3 Å². The highest BCUT2D eigenvalue weighted by Crippen LogP contribution is 2.58. The summed E-state index contributed by atoms with van der Waals surface area (Å²) in [4.78, 5) is 7.21. The van der Waals surface area contributed by atoms with Crippen molar-refractivity contribution in [3.05, 3.63) is 229 Å². The largest absolute Gasteiger partial charge is 0.308 e. The highest BCUT2D eigenvalue weighted by Gasteiger charge is 2.46. The minimum atomic E-state index is -0.508. The van der Waals surface area contributed by atoms with Crippen molar-refractivity contribution in [3.63, 3.8) is 0 Å². The molecule has 8 aromatic carbocycles. The van der Waals surface area contributed by atoms with E-state index in [4.69, 9.17) is 4.98 Å². The van der Waals surface area contributed by atoms with Gasteiger partial charge in [0.15, 0.2) is 0 Å². The fourth-order valence-electron chi connectivity index (χ4n) is 9.04. The summed E-state index contributed by atoms with van der Waals surface area (Å²) in [5, 5.41) is 3.67. The second-order valence-electron chi connectivity index (χ2n) is 14.3. The summed E-state index contributed by atoms with van der Waals surface area (Å²) in [6, 6.07) is 73.4. The van der Waals surface area contributed by atoms with E-state index < -0.39 is 5.41 Å². The smallest absolute Gasteiger partial charge is 0.0716 e. The van der Waals surface area contributed by atoms with Crippen LogP contribution in [-0.4, -0.2) is 4.98 Å². The summed E-state index contributed by atoms with van der Waals surface area (Å²) in [6.07, 6.45) is 1.88. The molecule has 0 spiro atoms. The molecule has 258 valence electrons. The average molecular weight is 719 g/mol. The molecule has 2 nitrogen and oxygen atoms in total. The molecule has 2 aromatic heterocycles. The number of aromatic nitrogens is 1. The van der Waals surface area contributed by atoms with Crippen molar-refractivity contribution in [2.75, 3.05) is 4.90 Å². The molecule has 0 unspecified atom stereocenters. The first-order chi connectivity index (χ1) is 27.3. The summed E-state index contributed by atoms with van der Waals surface area (Å²) in [6.45, 7) is 0. The highest BCUT2D eigenvalue weighted by atomic mass is 32.1. The lowest BCUT2D eigenvalue weighted by molar-refractivity contribution is 0.768. The Morgan fingerprint density at radius 1 is 0.455 bits per heavy atom. The van der Waals surface area contributed by atoms with Crippen LogP contribution in [0.2, 0.25) is 0 Å². The molecule has 0 fully saturated rings. The zero-order valence-corrected chi connectivity index (χ0v) is 30.7. The Morgan fingerprint density at radius 2 is 1.11 bits per heavy atom. The van der Waals surface area contributed by atoms with Gasteiger partial charge in [0.25, 0.3) is 0 Å². The van der Waals surface area contributed by atoms with Crippen molar-refractivity contribution in [1.82, 2.24) is 4.98 Å². The zero-order valence-electron chi connectivity index (χ0n) is 29.9. The Hall–Kier alpha value is -6.81. The lowest BCUT2D eigenvalue weighted by Gasteiger charge is -2.35. The van der Waals surface area contributed by atoms with E-state index in [1.165, 1.54) is 64.7 Å². The van der Waals surface area contributed by atoms with E-state index in [0.717, 1.165) is 28.0 Å². The number of pyridine rings is 1. The fourth-order valence-corrected chi connectivity index (χ4v) is 10.3. The SMILES string of the molecule is c1ccc(-c2ccccc2N(c2ccc3c(c2)C(c2ccccc2)(c2ccccc2)c2ccccc2-3)c2cccc3c2sc2cc4ncccc4cc23)cc1. The third kappa shape index (κ3) is 4.83. The Bertz CT molecular complexity index is 3000. The normalized spacial score (nSPS) is 12.9. The number of para-hydroxylation sites is 1. The topological polar surface area (TPSA) is 16.1 Å². The van der Waals surface area contributed by atoms with Crippen molar-refractivity contribution in [3.8, 4) is 22.3 Å². The molecule has 0 N–H and O–H groups in total. The van der Waals surface area contributed by atoms with Crippen LogP contribution in [0, 0.1) is 0 Å². The predicted octanol–water partition coefficient (Wildman–Crippen LogP) is 14.1. The first-order valence-electron chi connectivity index (χ1n) is 18.8. The first kappa shape index (κ1) is 31.7. The van der Waals surface area contributed by atoms with Crippen LogP contribution in [0.3, 0.4) is 0 Å². The van der Waals surface area contributed by atoms with Gasteiger partial charge in [-0.2, -0.15) is 0 Å². The van der Waals surface area contributed by atoms with E-state index in [9.17, 15) is 0 Å². The van der Waals surface area contributed by atoms with Gasteiger partial charge in [-0.05, 0) is 81.4 Å². The van der Waals surface area contributed by atoms with Crippen LogP contribution in [0.25, 0.3) is 53.3 Å². The molecule has 11 rings (SSSR count). The number of hydrogen-bond donors (Lipinski definition) is 0. The maximum atomic E-state index is 4.71. The van der Waals surface area contributed by atoms with Crippen LogP contribution in [0.5, 0.6) is 0 Å². The van der Waals surface area contributed by atoms with Gasteiger partial charge in [0.2, 0.25) is 0 Å². The second-order valence-corrected chi connectivity index (χ2v) is 15.3. The summed E-state index contributed by atoms with van der Waals surface area (Å²) in [5.74, 6) is 0. The average Bonchev–Trinajstić information content (AvgIpc) is 3.77. The first-order valence-corrected chi connectivity index (χ1v) is 19.6. The second kappa shape index (κ2) is 12.7. The number of benzene rings is 8. The Labute approximate surface area is 324 Å². The molecule has 1 aliphatic carbocycles. The van der Waals surface area contributed by atoms with Gasteiger partial charge < -0.3 is 4.90 Å². The molecule has 0 bridgehead atoms. The summed E-state index contributed by atoms with van der Waals surface area (Å²) < 4.78 is 2.48. The molecule has 1 aliphatic rings. The molecule has 55 heavy (non-hydrogen) atoms. The van der Waals surface area contributed by atoms with Gasteiger partial charge in [-0.3, -0.25) is 4.98 Å². The summed E-state index contributed by atoms with van der Waals surface area (Å²) >= 11 is 1.85. The third-order valence-corrected chi connectivity index (χ3v) is 12.6. The molecule has 10 aromatic rings. The van der Waals surface area contributed by atoms with E-state index in [1.807, 2.05) is 23.6 Å². The Kier molecular flexibility index (Phi) is 7.29. The lowest BCUT2D eigenvalue weighted by Crippen LogP contribution is -2.28. The van der Waals surface area contributed by atoms with Crippen LogP contribution < -0.4 is 4.90 Å². The number of hydrogen-bond acceptors (Lipinski definition) is 3. The zero-order chi connectivity index (χ0) is 36.3. The van der Waals surface area contributed by atoms with E-state index in [0.29, 0.717) is 0 Å². The van der Waals surface area contributed by atoms with Crippen LogP contribution in [0.1, 0.15) is 22.3 Å². The number of fused-ring (bicyclic) bond motifs is 7. The number of rotatable bonds is 6. The van der Waals surface area contributed by atoms with Gasteiger partial charge in [-0.15, -0.1) is 11.3 Å². The van der Waals surface area contributed by atoms with Gasteiger partial charge in [-0.25, -0.2) is 0 Å². The number of anilines is 3. The molecule has 0 amide bonds. The molecule has 0 radical (unpaired) electrons. The molecule has 2 heterocycles.